The van der Waals surface area contributed by atoms with Crippen molar-refractivity contribution in [3.63, 3.8) is 0 Å². The molecule has 10 heavy (non-hydrogen) atoms. The molecule has 0 spiro atoms. The number of aryl methyl sites for hydroxylation is 1. The Bertz CT molecular complexity index is 351. The van der Waals surface area contributed by atoms with Crippen molar-refractivity contribution in [2.75, 3.05) is 0 Å². The second-order valence-electron chi connectivity index (χ2n) is 2.37. The van der Waals surface area contributed by atoms with Gasteiger partial charge in [-0.25, -0.2) is 0 Å². The summed E-state index contributed by atoms with van der Waals surface area (Å²) in [7, 11) is 0. The van der Waals surface area contributed by atoms with Crippen molar-refractivity contribution in [2.24, 2.45) is 0 Å². The second-order valence-corrected chi connectivity index (χ2v) is 2.37. The fourth-order valence-electron chi connectivity index (χ4n) is 0.967. The molecule has 2 rings (SSSR count). The highest BCUT2D eigenvalue weighted by Gasteiger charge is 1.95. The highest BCUT2D eigenvalue weighted by molar-refractivity contribution is 5.76. The summed E-state index contributed by atoms with van der Waals surface area (Å²) in [5, 5.41) is 4.73. The molecule has 1 heterocycles. The summed E-state index contributed by atoms with van der Waals surface area (Å²) in [5.41, 5.74) is 2.06. The molecular formula is C8H7NO. The molecule has 1 aromatic heterocycles. The lowest BCUT2D eigenvalue weighted by Gasteiger charge is -1.87. The highest BCUT2D eigenvalue weighted by atomic mass is 16.5. The lowest BCUT2D eigenvalue weighted by molar-refractivity contribution is 0.456. The Morgan fingerprint density at radius 2 is 2.30 bits per heavy atom. The zero-order valence-corrected chi connectivity index (χ0v) is 5.66. The first-order chi connectivity index (χ1) is 4.86. The van der Waals surface area contributed by atoms with Gasteiger partial charge < -0.3 is 4.52 Å². The molecule has 0 aliphatic rings. The van der Waals surface area contributed by atoms with Crippen molar-refractivity contribution in [3.8, 4) is 0 Å². The minimum Gasteiger partial charge on any atom is -0.356 e. The normalized spacial score (nSPS) is 10.5. The molecule has 0 bridgehead atoms. The van der Waals surface area contributed by atoms with Gasteiger partial charge in [0.25, 0.3) is 0 Å². The van der Waals surface area contributed by atoms with Crippen molar-refractivity contribution in [1.29, 1.82) is 0 Å². The van der Waals surface area contributed by atoms with Crippen LogP contribution in [-0.2, 0) is 0 Å². The molecule has 0 aliphatic heterocycles. The molecule has 0 saturated heterocycles. The fraction of sp³-hybridized carbons (Fsp3) is 0.125. The molecule has 1 aromatic carbocycles. The molecule has 2 aromatic rings. The molecule has 0 saturated carbocycles. The van der Waals surface area contributed by atoms with E-state index in [1.54, 1.807) is 6.20 Å². The standard InChI is InChI=1S/C8H7NO/c1-6-2-3-7-5-9-10-8(7)4-6/h2-5H,1H3. The van der Waals surface area contributed by atoms with Gasteiger partial charge in [0.1, 0.15) is 0 Å². The van der Waals surface area contributed by atoms with Crippen molar-refractivity contribution in [2.45, 2.75) is 6.92 Å². The van der Waals surface area contributed by atoms with Crippen molar-refractivity contribution >= 4 is 11.0 Å². The largest absolute Gasteiger partial charge is 0.356 e. The van der Waals surface area contributed by atoms with Gasteiger partial charge in [-0.05, 0) is 24.6 Å². The number of nitrogens with zero attached hydrogens (tertiary/aromatic N) is 1. The van der Waals surface area contributed by atoms with E-state index in [4.69, 9.17) is 4.52 Å². The number of rotatable bonds is 0. The van der Waals surface area contributed by atoms with Gasteiger partial charge >= 0.3 is 0 Å². The molecule has 2 nitrogen and oxygen atoms in total. The molecule has 50 valence electrons. The molecule has 0 unspecified atom stereocenters. The monoisotopic (exact) mass is 133 g/mol. The molecule has 2 heteroatoms. The van der Waals surface area contributed by atoms with E-state index in [0.29, 0.717) is 0 Å². The topological polar surface area (TPSA) is 26.0 Å². The summed E-state index contributed by atoms with van der Waals surface area (Å²) in [6.45, 7) is 2.03. The average Bonchev–Trinajstić information content (AvgIpc) is 2.33. The smallest absolute Gasteiger partial charge is 0.167 e. The first-order valence-electron chi connectivity index (χ1n) is 3.17. The Morgan fingerprint density at radius 1 is 1.40 bits per heavy atom. The van der Waals surface area contributed by atoms with Crippen molar-refractivity contribution in [3.05, 3.63) is 30.0 Å². The van der Waals surface area contributed by atoms with Crippen LogP contribution in [-0.4, -0.2) is 5.16 Å². The molecule has 0 atom stereocenters. The van der Waals surface area contributed by atoms with Crippen LogP contribution in [0.3, 0.4) is 0 Å². The van der Waals surface area contributed by atoms with E-state index < -0.39 is 0 Å². The fourth-order valence-corrected chi connectivity index (χ4v) is 0.967. The van der Waals surface area contributed by atoms with Gasteiger partial charge in [0.05, 0.1) is 6.20 Å². The van der Waals surface area contributed by atoms with Gasteiger partial charge in [-0.2, -0.15) is 0 Å². The van der Waals surface area contributed by atoms with Gasteiger partial charge in [0, 0.05) is 5.39 Å². The highest BCUT2D eigenvalue weighted by Crippen LogP contribution is 2.13. The van der Waals surface area contributed by atoms with Gasteiger partial charge in [0.15, 0.2) is 5.58 Å². The quantitative estimate of drug-likeness (QED) is 0.550. The Balaban J connectivity index is 2.86. The Kier molecular flexibility index (Phi) is 1.01. The van der Waals surface area contributed by atoms with Crippen LogP contribution in [0.5, 0.6) is 0 Å². The molecule has 0 aliphatic carbocycles. The van der Waals surface area contributed by atoms with Crippen LogP contribution < -0.4 is 0 Å². The number of hydrogen-bond acceptors (Lipinski definition) is 2. The van der Waals surface area contributed by atoms with Crippen molar-refractivity contribution < 1.29 is 4.52 Å². The van der Waals surface area contributed by atoms with Gasteiger partial charge in [-0.3, -0.25) is 0 Å². The summed E-state index contributed by atoms with van der Waals surface area (Å²) in [4.78, 5) is 0. The maximum absolute atomic E-state index is 4.95. The maximum atomic E-state index is 4.95. The summed E-state index contributed by atoms with van der Waals surface area (Å²) in [6, 6.07) is 6.02. The predicted octanol–water partition coefficient (Wildman–Crippen LogP) is 2.14. The first kappa shape index (κ1) is 5.47. The van der Waals surface area contributed by atoms with E-state index in [1.165, 1.54) is 5.56 Å². The number of hydrogen-bond donors (Lipinski definition) is 0. The molecular weight excluding hydrogens is 126 g/mol. The number of benzene rings is 1. The van der Waals surface area contributed by atoms with E-state index in [1.807, 2.05) is 25.1 Å². The predicted molar refractivity (Wildman–Crippen MR) is 38.7 cm³/mol. The summed E-state index contributed by atoms with van der Waals surface area (Å²) in [5.74, 6) is 0. The lowest BCUT2D eigenvalue weighted by Crippen LogP contribution is -1.67. The zero-order chi connectivity index (χ0) is 6.97. The van der Waals surface area contributed by atoms with E-state index in [2.05, 4.69) is 5.16 Å². The minimum absolute atomic E-state index is 0.861. The van der Waals surface area contributed by atoms with Crippen LogP contribution in [0.25, 0.3) is 11.0 Å². The Morgan fingerprint density at radius 3 is 3.20 bits per heavy atom. The van der Waals surface area contributed by atoms with Gasteiger partial charge in [-0.1, -0.05) is 11.2 Å². The third-order valence-electron chi connectivity index (χ3n) is 1.51. The van der Waals surface area contributed by atoms with E-state index >= 15 is 0 Å². The molecule has 0 N–H and O–H groups in total. The Hall–Kier alpha value is -1.31. The van der Waals surface area contributed by atoms with Crippen LogP contribution in [0.2, 0.25) is 0 Å². The van der Waals surface area contributed by atoms with Crippen LogP contribution in [0.4, 0.5) is 0 Å². The summed E-state index contributed by atoms with van der Waals surface area (Å²) in [6.07, 6.45) is 1.72. The van der Waals surface area contributed by atoms with E-state index in [0.717, 1.165) is 11.0 Å². The van der Waals surface area contributed by atoms with Crippen LogP contribution in [0.1, 0.15) is 5.56 Å². The third kappa shape index (κ3) is 0.692. The third-order valence-corrected chi connectivity index (χ3v) is 1.51. The zero-order valence-electron chi connectivity index (χ0n) is 5.66. The van der Waals surface area contributed by atoms with Gasteiger partial charge in [0.2, 0.25) is 0 Å². The molecule has 0 radical (unpaired) electrons. The van der Waals surface area contributed by atoms with Crippen LogP contribution in [0.15, 0.2) is 28.9 Å². The van der Waals surface area contributed by atoms with Crippen molar-refractivity contribution in [1.82, 2.24) is 5.16 Å². The van der Waals surface area contributed by atoms with Crippen LogP contribution in [0, 0.1) is 6.92 Å². The second kappa shape index (κ2) is 1.84. The van der Waals surface area contributed by atoms with Gasteiger partial charge in [-0.15, -0.1) is 0 Å². The molecule has 0 fully saturated rings. The number of aromatic nitrogens is 1. The first-order valence-corrected chi connectivity index (χ1v) is 3.17. The van der Waals surface area contributed by atoms with E-state index in [-0.39, 0.29) is 0 Å². The summed E-state index contributed by atoms with van der Waals surface area (Å²) >= 11 is 0. The van der Waals surface area contributed by atoms with Crippen LogP contribution >= 0.6 is 0 Å². The Labute approximate surface area is 58.4 Å². The maximum Gasteiger partial charge on any atom is 0.167 e. The molecule has 0 amide bonds. The minimum atomic E-state index is 0.861. The summed E-state index contributed by atoms with van der Waals surface area (Å²) < 4.78 is 4.95. The lowest BCUT2D eigenvalue weighted by atomic mass is 10.2. The SMILES string of the molecule is Cc1ccc2cnoc2c1. The average molecular weight is 133 g/mol. The number of fused-ring (bicyclic) bond motifs is 1. The van der Waals surface area contributed by atoms with E-state index in [9.17, 15) is 0 Å².